The SMILES string of the molecule is CC(C)c1ccccc1C1(C)CCCC(O)C1=O. The molecule has 1 N–H and O–H groups in total. The molecular formula is C16H22O2. The quantitative estimate of drug-likeness (QED) is 0.870. The smallest absolute Gasteiger partial charge is 0.171 e. The van der Waals surface area contributed by atoms with Crippen molar-refractivity contribution in [1.29, 1.82) is 0 Å². The molecule has 1 aliphatic carbocycles. The Morgan fingerprint density at radius 3 is 2.67 bits per heavy atom. The van der Waals surface area contributed by atoms with Crippen LogP contribution < -0.4 is 0 Å². The van der Waals surface area contributed by atoms with E-state index in [4.69, 9.17) is 0 Å². The van der Waals surface area contributed by atoms with Crippen LogP contribution in [0.3, 0.4) is 0 Å². The number of aliphatic hydroxyl groups excluding tert-OH is 1. The van der Waals surface area contributed by atoms with E-state index in [0.717, 1.165) is 18.4 Å². The first kappa shape index (κ1) is 13.3. The molecule has 0 spiro atoms. The Bertz CT molecular complexity index is 450. The molecule has 2 rings (SSSR count). The standard InChI is InChI=1S/C16H22O2/c1-11(2)12-7-4-5-8-13(12)16(3)10-6-9-14(17)15(16)18/h4-5,7-8,11,14,17H,6,9-10H2,1-3H3. The highest BCUT2D eigenvalue weighted by Gasteiger charge is 2.42. The molecule has 1 aromatic rings. The first-order valence-electron chi connectivity index (χ1n) is 6.78. The molecule has 0 amide bonds. The Balaban J connectivity index is 2.49. The number of benzene rings is 1. The van der Waals surface area contributed by atoms with Crippen LogP contribution in [0.15, 0.2) is 24.3 Å². The van der Waals surface area contributed by atoms with Gasteiger partial charge < -0.3 is 5.11 Å². The van der Waals surface area contributed by atoms with Crippen molar-refractivity contribution >= 4 is 5.78 Å². The minimum Gasteiger partial charge on any atom is -0.385 e. The van der Waals surface area contributed by atoms with Crippen LogP contribution in [0.1, 0.15) is 57.1 Å². The zero-order chi connectivity index (χ0) is 13.3. The van der Waals surface area contributed by atoms with E-state index >= 15 is 0 Å². The molecule has 2 atom stereocenters. The van der Waals surface area contributed by atoms with Crippen molar-refractivity contribution in [3.63, 3.8) is 0 Å². The normalized spacial score (nSPS) is 28.7. The van der Waals surface area contributed by atoms with Gasteiger partial charge in [0.15, 0.2) is 5.78 Å². The summed E-state index contributed by atoms with van der Waals surface area (Å²) in [7, 11) is 0. The van der Waals surface area contributed by atoms with Crippen molar-refractivity contribution in [2.75, 3.05) is 0 Å². The minimum absolute atomic E-state index is 0.0122. The Kier molecular flexibility index (Phi) is 3.58. The van der Waals surface area contributed by atoms with Gasteiger partial charge in [-0.3, -0.25) is 4.79 Å². The summed E-state index contributed by atoms with van der Waals surface area (Å²) in [4.78, 5) is 12.4. The summed E-state index contributed by atoms with van der Waals surface area (Å²) in [6, 6.07) is 8.15. The summed E-state index contributed by atoms with van der Waals surface area (Å²) in [6.45, 7) is 6.27. The summed E-state index contributed by atoms with van der Waals surface area (Å²) >= 11 is 0. The predicted octanol–water partition coefficient (Wildman–Crippen LogP) is 3.18. The number of carbonyl (C=O) groups excluding carboxylic acids is 1. The minimum atomic E-state index is -0.788. The van der Waals surface area contributed by atoms with E-state index in [9.17, 15) is 9.90 Å². The lowest BCUT2D eigenvalue weighted by Gasteiger charge is -2.37. The van der Waals surface area contributed by atoms with Crippen molar-refractivity contribution in [2.24, 2.45) is 0 Å². The Hall–Kier alpha value is -1.15. The highest BCUT2D eigenvalue weighted by molar-refractivity contribution is 5.94. The Morgan fingerprint density at radius 2 is 2.00 bits per heavy atom. The van der Waals surface area contributed by atoms with Crippen molar-refractivity contribution in [3.05, 3.63) is 35.4 Å². The summed E-state index contributed by atoms with van der Waals surface area (Å²) in [6.07, 6.45) is 1.57. The van der Waals surface area contributed by atoms with E-state index in [1.54, 1.807) is 0 Å². The molecule has 0 saturated heterocycles. The number of carbonyl (C=O) groups is 1. The fourth-order valence-electron chi connectivity index (χ4n) is 3.04. The number of hydrogen-bond donors (Lipinski definition) is 1. The van der Waals surface area contributed by atoms with Gasteiger partial charge in [-0.1, -0.05) is 38.1 Å². The number of aliphatic hydroxyl groups is 1. The van der Waals surface area contributed by atoms with Crippen molar-refractivity contribution < 1.29 is 9.90 Å². The molecule has 0 heterocycles. The number of hydrogen-bond acceptors (Lipinski definition) is 2. The first-order valence-corrected chi connectivity index (χ1v) is 6.78. The van der Waals surface area contributed by atoms with Crippen molar-refractivity contribution in [1.82, 2.24) is 0 Å². The monoisotopic (exact) mass is 246 g/mol. The largest absolute Gasteiger partial charge is 0.385 e. The molecule has 2 heteroatoms. The maximum atomic E-state index is 12.4. The van der Waals surface area contributed by atoms with Gasteiger partial charge in [-0.15, -0.1) is 0 Å². The second-order valence-electron chi connectivity index (χ2n) is 5.85. The lowest BCUT2D eigenvalue weighted by Crippen LogP contribution is -2.44. The predicted molar refractivity (Wildman–Crippen MR) is 72.7 cm³/mol. The van der Waals surface area contributed by atoms with Gasteiger partial charge in [0.25, 0.3) is 0 Å². The molecule has 0 bridgehead atoms. The van der Waals surface area contributed by atoms with E-state index in [1.807, 2.05) is 25.1 Å². The molecule has 18 heavy (non-hydrogen) atoms. The van der Waals surface area contributed by atoms with Crippen LogP contribution in [-0.4, -0.2) is 17.0 Å². The molecule has 0 aliphatic heterocycles. The molecular weight excluding hydrogens is 224 g/mol. The zero-order valence-corrected chi connectivity index (χ0v) is 11.4. The molecule has 1 fully saturated rings. The van der Waals surface area contributed by atoms with E-state index in [1.165, 1.54) is 5.56 Å². The fourth-order valence-corrected chi connectivity index (χ4v) is 3.04. The molecule has 98 valence electrons. The van der Waals surface area contributed by atoms with Gasteiger partial charge in [0.2, 0.25) is 0 Å². The number of ketones is 1. The molecule has 0 aromatic heterocycles. The van der Waals surface area contributed by atoms with Gasteiger partial charge in [0.05, 0.1) is 5.41 Å². The molecule has 2 nitrogen and oxygen atoms in total. The topological polar surface area (TPSA) is 37.3 Å². The number of Topliss-reactive ketones (excluding diaryl/α,β-unsaturated/α-hetero) is 1. The maximum absolute atomic E-state index is 12.4. The van der Waals surface area contributed by atoms with Gasteiger partial charge in [-0.05, 0) is 43.2 Å². The van der Waals surface area contributed by atoms with Gasteiger partial charge in [-0.2, -0.15) is 0 Å². The van der Waals surface area contributed by atoms with Gasteiger partial charge in [0.1, 0.15) is 6.10 Å². The Labute approximate surface area is 109 Å². The second kappa shape index (κ2) is 4.85. The average Bonchev–Trinajstić information content (AvgIpc) is 2.36. The number of rotatable bonds is 2. The van der Waals surface area contributed by atoms with Crippen LogP contribution >= 0.6 is 0 Å². The van der Waals surface area contributed by atoms with Crippen molar-refractivity contribution in [3.8, 4) is 0 Å². The third kappa shape index (κ3) is 2.10. The van der Waals surface area contributed by atoms with Crippen LogP contribution in [0.5, 0.6) is 0 Å². The molecule has 0 radical (unpaired) electrons. The summed E-state index contributed by atoms with van der Waals surface area (Å²) in [5, 5.41) is 9.85. The Morgan fingerprint density at radius 1 is 1.33 bits per heavy atom. The molecule has 2 unspecified atom stereocenters. The van der Waals surface area contributed by atoms with E-state index in [2.05, 4.69) is 19.9 Å². The molecule has 1 saturated carbocycles. The second-order valence-corrected chi connectivity index (χ2v) is 5.85. The zero-order valence-electron chi connectivity index (χ0n) is 11.4. The fraction of sp³-hybridized carbons (Fsp3) is 0.562. The lowest BCUT2D eigenvalue weighted by atomic mass is 9.67. The van der Waals surface area contributed by atoms with Crippen LogP contribution in [-0.2, 0) is 10.2 Å². The summed E-state index contributed by atoms with van der Waals surface area (Å²) in [5.41, 5.74) is 1.81. The third-order valence-corrected chi connectivity index (χ3v) is 4.18. The highest BCUT2D eigenvalue weighted by atomic mass is 16.3. The first-order chi connectivity index (χ1) is 8.47. The molecule has 1 aromatic carbocycles. The van der Waals surface area contributed by atoms with E-state index in [0.29, 0.717) is 12.3 Å². The van der Waals surface area contributed by atoms with E-state index in [-0.39, 0.29) is 5.78 Å². The van der Waals surface area contributed by atoms with Crippen LogP contribution in [0.4, 0.5) is 0 Å². The van der Waals surface area contributed by atoms with Crippen LogP contribution in [0.25, 0.3) is 0 Å². The summed E-state index contributed by atoms with van der Waals surface area (Å²) in [5.74, 6) is 0.381. The summed E-state index contributed by atoms with van der Waals surface area (Å²) < 4.78 is 0. The average molecular weight is 246 g/mol. The maximum Gasteiger partial charge on any atom is 0.171 e. The van der Waals surface area contributed by atoms with Gasteiger partial charge in [0, 0.05) is 0 Å². The molecule has 1 aliphatic rings. The van der Waals surface area contributed by atoms with Gasteiger partial charge in [-0.25, -0.2) is 0 Å². The highest BCUT2D eigenvalue weighted by Crippen LogP contribution is 2.39. The lowest BCUT2D eigenvalue weighted by molar-refractivity contribution is -0.135. The third-order valence-electron chi connectivity index (χ3n) is 4.18. The van der Waals surface area contributed by atoms with Crippen LogP contribution in [0.2, 0.25) is 0 Å². The van der Waals surface area contributed by atoms with Crippen molar-refractivity contribution in [2.45, 2.75) is 57.5 Å². The van der Waals surface area contributed by atoms with E-state index < -0.39 is 11.5 Å². The van der Waals surface area contributed by atoms with Crippen LogP contribution in [0, 0.1) is 0 Å². The van der Waals surface area contributed by atoms with Gasteiger partial charge >= 0.3 is 0 Å².